The van der Waals surface area contributed by atoms with E-state index in [1.807, 2.05) is 60.7 Å². The number of aromatic nitrogens is 1. The molecule has 0 saturated carbocycles. The molecule has 36 heavy (non-hydrogen) atoms. The summed E-state index contributed by atoms with van der Waals surface area (Å²) < 4.78 is 1.28. The summed E-state index contributed by atoms with van der Waals surface area (Å²) >= 11 is 0. The molecule has 1 aliphatic heterocycles. The normalized spacial score (nSPS) is 17.3. The Bertz CT molecular complexity index is 1450. The number of carbonyl (C=O) groups excluding carboxylic acids is 3. The SMILES string of the molecule is NC(=O)n1cc(NC(=O)N2C[C@@H](N)C[C@H]2C(=O)Cc2cccc(-c3ccccc3)c2)c2ccccc21. The van der Waals surface area contributed by atoms with Gasteiger partial charge in [-0.15, -0.1) is 0 Å². The second-order valence-electron chi connectivity index (χ2n) is 9.07. The Morgan fingerprint density at radius 2 is 1.64 bits per heavy atom. The molecule has 0 unspecified atom stereocenters. The minimum absolute atomic E-state index is 0.0668. The van der Waals surface area contributed by atoms with Crippen molar-refractivity contribution < 1.29 is 14.4 Å². The Kier molecular flexibility index (Phi) is 6.26. The highest BCUT2D eigenvalue weighted by molar-refractivity contribution is 6.05. The molecule has 0 radical (unpaired) electrons. The highest BCUT2D eigenvalue weighted by Crippen LogP contribution is 2.28. The third kappa shape index (κ3) is 4.58. The van der Waals surface area contributed by atoms with E-state index in [-0.39, 0.29) is 24.8 Å². The number of urea groups is 1. The minimum Gasteiger partial charge on any atom is -0.351 e. The number of hydrogen-bond donors (Lipinski definition) is 3. The van der Waals surface area contributed by atoms with Crippen molar-refractivity contribution in [3.63, 3.8) is 0 Å². The van der Waals surface area contributed by atoms with Gasteiger partial charge in [0.05, 0.1) is 17.2 Å². The number of likely N-dealkylation sites (tertiary alicyclic amines) is 1. The molecule has 0 spiro atoms. The number of anilines is 1. The molecular weight excluding hydrogens is 454 g/mol. The number of benzene rings is 3. The summed E-state index contributed by atoms with van der Waals surface area (Å²) in [5.74, 6) is -0.0668. The van der Waals surface area contributed by atoms with Crippen LogP contribution in [0.15, 0.2) is 85.1 Å². The zero-order chi connectivity index (χ0) is 25.2. The second kappa shape index (κ2) is 9.67. The van der Waals surface area contributed by atoms with Crippen molar-refractivity contribution in [2.75, 3.05) is 11.9 Å². The van der Waals surface area contributed by atoms with Crippen LogP contribution in [0.3, 0.4) is 0 Å². The van der Waals surface area contributed by atoms with Gasteiger partial charge in [0, 0.05) is 30.6 Å². The average molecular weight is 482 g/mol. The Labute approximate surface area is 208 Å². The number of fused-ring (bicyclic) bond motifs is 1. The number of para-hydroxylation sites is 1. The third-order valence-corrected chi connectivity index (χ3v) is 6.57. The van der Waals surface area contributed by atoms with Crippen LogP contribution in [0.4, 0.5) is 15.3 Å². The maximum atomic E-state index is 13.3. The Hall–Kier alpha value is -4.43. The molecule has 1 aromatic heterocycles. The molecule has 182 valence electrons. The van der Waals surface area contributed by atoms with Crippen molar-refractivity contribution in [3.05, 3.63) is 90.6 Å². The minimum atomic E-state index is -0.652. The molecule has 5 N–H and O–H groups in total. The van der Waals surface area contributed by atoms with Crippen LogP contribution < -0.4 is 16.8 Å². The summed E-state index contributed by atoms with van der Waals surface area (Å²) in [6, 6.07) is 23.0. The lowest BCUT2D eigenvalue weighted by Gasteiger charge is -2.24. The molecule has 3 amide bonds. The summed E-state index contributed by atoms with van der Waals surface area (Å²) in [7, 11) is 0. The van der Waals surface area contributed by atoms with E-state index in [0.717, 1.165) is 16.7 Å². The Morgan fingerprint density at radius 1 is 0.917 bits per heavy atom. The molecule has 1 saturated heterocycles. The van der Waals surface area contributed by atoms with E-state index in [9.17, 15) is 14.4 Å². The van der Waals surface area contributed by atoms with Gasteiger partial charge in [0.2, 0.25) is 0 Å². The van der Waals surface area contributed by atoms with Gasteiger partial charge in [0.15, 0.2) is 5.78 Å². The van der Waals surface area contributed by atoms with Crippen LogP contribution in [-0.2, 0) is 11.2 Å². The standard InChI is InChI=1S/C28H27N5O3/c29-21-15-25(26(34)14-18-7-6-10-20(13-18)19-8-2-1-3-9-19)33(16-21)28(36)31-23-17-32(27(30)35)24-12-5-4-11-22(23)24/h1-13,17,21,25H,14-16,29H2,(H2,30,35)(H,31,36)/t21-,25-/m0/s1. The number of nitrogens with two attached hydrogens (primary N) is 2. The van der Waals surface area contributed by atoms with Crippen molar-refractivity contribution in [1.82, 2.24) is 9.47 Å². The van der Waals surface area contributed by atoms with E-state index in [1.165, 1.54) is 15.7 Å². The summed E-state index contributed by atoms with van der Waals surface area (Å²) in [5, 5.41) is 3.53. The zero-order valence-electron chi connectivity index (χ0n) is 19.6. The van der Waals surface area contributed by atoms with Gasteiger partial charge in [-0.2, -0.15) is 0 Å². The molecule has 8 heteroatoms. The molecule has 2 atom stereocenters. The van der Waals surface area contributed by atoms with Crippen molar-refractivity contribution in [2.24, 2.45) is 11.5 Å². The fraction of sp³-hybridized carbons (Fsp3) is 0.179. The van der Waals surface area contributed by atoms with Crippen LogP contribution in [0.2, 0.25) is 0 Å². The molecule has 5 rings (SSSR count). The number of primary amides is 1. The van der Waals surface area contributed by atoms with Crippen molar-refractivity contribution >= 4 is 34.4 Å². The number of rotatable bonds is 5. The summed E-state index contributed by atoms with van der Waals surface area (Å²) in [4.78, 5) is 39.9. The smallest absolute Gasteiger partial charge is 0.323 e. The zero-order valence-corrected chi connectivity index (χ0v) is 19.6. The van der Waals surface area contributed by atoms with Crippen LogP contribution in [0, 0.1) is 0 Å². The Balaban J connectivity index is 1.34. The number of amides is 3. The number of nitrogens with one attached hydrogen (secondary N) is 1. The number of nitrogens with zero attached hydrogens (tertiary/aromatic N) is 2. The topological polar surface area (TPSA) is 123 Å². The molecule has 0 bridgehead atoms. The Morgan fingerprint density at radius 3 is 2.42 bits per heavy atom. The fourth-order valence-electron chi connectivity index (χ4n) is 4.86. The lowest BCUT2D eigenvalue weighted by Crippen LogP contribution is -2.43. The maximum absolute atomic E-state index is 13.3. The molecule has 8 nitrogen and oxygen atoms in total. The number of hydrogen-bond acceptors (Lipinski definition) is 4. The van der Waals surface area contributed by atoms with Crippen LogP contribution >= 0.6 is 0 Å². The van der Waals surface area contributed by atoms with E-state index in [4.69, 9.17) is 11.5 Å². The largest absolute Gasteiger partial charge is 0.351 e. The number of Topliss-reactive ketones (excluding diaryl/α,β-unsaturated/α-hetero) is 1. The highest BCUT2D eigenvalue weighted by Gasteiger charge is 2.38. The molecule has 1 aliphatic rings. The first kappa shape index (κ1) is 23.3. The molecular formula is C28H27N5O3. The molecule has 4 aromatic rings. The van der Waals surface area contributed by atoms with Gasteiger partial charge in [-0.25, -0.2) is 9.59 Å². The monoisotopic (exact) mass is 481 g/mol. The van der Waals surface area contributed by atoms with Gasteiger partial charge in [0.1, 0.15) is 0 Å². The molecule has 0 aliphatic carbocycles. The predicted molar refractivity (Wildman–Crippen MR) is 140 cm³/mol. The highest BCUT2D eigenvalue weighted by atomic mass is 16.2. The van der Waals surface area contributed by atoms with Gasteiger partial charge in [0.25, 0.3) is 0 Å². The van der Waals surface area contributed by atoms with E-state index in [0.29, 0.717) is 23.0 Å². The van der Waals surface area contributed by atoms with Crippen LogP contribution in [0.25, 0.3) is 22.0 Å². The van der Waals surface area contributed by atoms with Gasteiger partial charge in [-0.1, -0.05) is 72.8 Å². The van der Waals surface area contributed by atoms with E-state index in [2.05, 4.69) is 5.32 Å². The van der Waals surface area contributed by atoms with E-state index < -0.39 is 18.1 Å². The molecule has 1 fully saturated rings. The predicted octanol–water partition coefficient (Wildman–Crippen LogP) is 3.98. The van der Waals surface area contributed by atoms with E-state index in [1.54, 1.807) is 18.2 Å². The second-order valence-corrected chi connectivity index (χ2v) is 9.07. The van der Waals surface area contributed by atoms with Gasteiger partial charge >= 0.3 is 12.1 Å². The van der Waals surface area contributed by atoms with E-state index >= 15 is 0 Å². The quantitative estimate of drug-likeness (QED) is 0.399. The first-order valence-corrected chi connectivity index (χ1v) is 11.8. The fourth-order valence-corrected chi connectivity index (χ4v) is 4.86. The van der Waals surface area contributed by atoms with Crippen molar-refractivity contribution in [3.8, 4) is 11.1 Å². The van der Waals surface area contributed by atoms with Crippen LogP contribution in [0.5, 0.6) is 0 Å². The average Bonchev–Trinajstić information content (AvgIpc) is 3.46. The summed E-state index contributed by atoms with van der Waals surface area (Å²) in [5.41, 5.74) is 15.7. The van der Waals surface area contributed by atoms with Gasteiger partial charge in [-0.3, -0.25) is 9.36 Å². The lowest BCUT2D eigenvalue weighted by atomic mass is 9.97. The number of carbonyl (C=O) groups is 3. The third-order valence-electron chi connectivity index (χ3n) is 6.57. The van der Waals surface area contributed by atoms with Gasteiger partial charge < -0.3 is 21.7 Å². The summed E-state index contributed by atoms with van der Waals surface area (Å²) in [6.07, 6.45) is 2.09. The first-order valence-electron chi connectivity index (χ1n) is 11.8. The van der Waals surface area contributed by atoms with Crippen molar-refractivity contribution in [2.45, 2.75) is 24.9 Å². The molecule has 3 aromatic carbocycles. The first-order chi connectivity index (χ1) is 17.4. The molecule has 2 heterocycles. The summed E-state index contributed by atoms with van der Waals surface area (Å²) in [6.45, 7) is 0.265. The lowest BCUT2D eigenvalue weighted by molar-refractivity contribution is -0.121. The van der Waals surface area contributed by atoms with Crippen LogP contribution in [0.1, 0.15) is 12.0 Å². The maximum Gasteiger partial charge on any atom is 0.323 e. The van der Waals surface area contributed by atoms with Crippen molar-refractivity contribution in [1.29, 1.82) is 0 Å². The van der Waals surface area contributed by atoms with Crippen LogP contribution in [-0.4, -0.2) is 45.9 Å². The van der Waals surface area contributed by atoms with Gasteiger partial charge in [-0.05, 0) is 29.2 Å². The number of ketones is 1.